The fraction of sp³-hybridized carbons (Fsp3) is 0.400. The third kappa shape index (κ3) is 7.34. The lowest BCUT2D eigenvalue weighted by molar-refractivity contribution is -0.132. The lowest BCUT2D eigenvalue weighted by Gasteiger charge is -2.25. The zero-order valence-electron chi connectivity index (χ0n) is 23.3. The van der Waals surface area contributed by atoms with Crippen LogP contribution in [-0.4, -0.2) is 63.4 Å². The molecule has 0 saturated carbocycles. The highest BCUT2D eigenvalue weighted by molar-refractivity contribution is 5.98. The van der Waals surface area contributed by atoms with E-state index in [1.807, 2.05) is 65.6 Å². The number of imidazole rings is 1. The number of aromatic nitrogens is 2. The molecule has 3 aromatic rings. The quantitative estimate of drug-likeness (QED) is 0.339. The molecule has 1 aliphatic rings. The predicted molar refractivity (Wildman–Crippen MR) is 152 cm³/mol. The summed E-state index contributed by atoms with van der Waals surface area (Å²) >= 11 is 0. The summed E-state index contributed by atoms with van der Waals surface area (Å²) in [5, 5.41) is 5.48. The van der Waals surface area contributed by atoms with Gasteiger partial charge in [-0.1, -0.05) is 60.7 Å². The van der Waals surface area contributed by atoms with Crippen LogP contribution in [0, 0.1) is 6.92 Å². The summed E-state index contributed by atoms with van der Waals surface area (Å²) < 4.78 is 7.56. The monoisotopic (exact) mass is 546 g/mol. The molecule has 2 heterocycles. The molecule has 1 saturated heterocycles. The lowest BCUT2D eigenvalue weighted by atomic mass is 10.1. The van der Waals surface area contributed by atoms with E-state index in [1.54, 1.807) is 31.5 Å². The average molecular weight is 547 g/mol. The van der Waals surface area contributed by atoms with Crippen LogP contribution in [0.2, 0.25) is 0 Å². The molecule has 3 amide bonds. The second kappa shape index (κ2) is 12.9. The summed E-state index contributed by atoms with van der Waals surface area (Å²) in [6.45, 7) is 6.58. The van der Waals surface area contributed by atoms with Crippen LogP contribution in [0.1, 0.15) is 49.7 Å². The van der Waals surface area contributed by atoms with E-state index in [0.29, 0.717) is 5.82 Å². The van der Waals surface area contributed by atoms with Gasteiger partial charge in [0, 0.05) is 19.3 Å². The van der Waals surface area contributed by atoms with Gasteiger partial charge in [0.2, 0.25) is 11.8 Å². The zero-order chi connectivity index (χ0) is 28.7. The Bertz CT molecular complexity index is 1300. The summed E-state index contributed by atoms with van der Waals surface area (Å²) in [5.74, 6) is -0.158. The SMILES string of the molecule is Cc1nc(NC(=O)[C@@H](COCc2ccccc2)NC(=O)C(C)(C)N)cn1C(C(=O)N1CCCC1)c1ccccc1. The van der Waals surface area contributed by atoms with E-state index in [2.05, 4.69) is 15.6 Å². The molecule has 10 heteroatoms. The van der Waals surface area contributed by atoms with Crippen molar-refractivity contribution in [2.75, 3.05) is 25.0 Å². The fourth-order valence-electron chi connectivity index (χ4n) is 4.58. The highest BCUT2D eigenvalue weighted by Gasteiger charge is 2.32. The van der Waals surface area contributed by atoms with Gasteiger partial charge >= 0.3 is 0 Å². The first-order chi connectivity index (χ1) is 19.1. The van der Waals surface area contributed by atoms with Gasteiger partial charge in [0.15, 0.2) is 5.82 Å². The van der Waals surface area contributed by atoms with Crippen molar-refractivity contribution in [1.82, 2.24) is 19.8 Å². The minimum atomic E-state index is -1.19. The molecule has 1 aliphatic heterocycles. The maximum absolute atomic E-state index is 13.6. The van der Waals surface area contributed by atoms with Crippen molar-refractivity contribution in [1.29, 1.82) is 0 Å². The van der Waals surface area contributed by atoms with Gasteiger partial charge in [-0.05, 0) is 44.7 Å². The van der Waals surface area contributed by atoms with Crippen LogP contribution < -0.4 is 16.4 Å². The second-order valence-corrected chi connectivity index (χ2v) is 10.7. The van der Waals surface area contributed by atoms with Crippen LogP contribution in [0.25, 0.3) is 0 Å². The van der Waals surface area contributed by atoms with Crippen LogP contribution in [0.4, 0.5) is 5.82 Å². The van der Waals surface area contributed by atoms with E-state index in [1.165, 1.54) is 0 Å². The normalized spacial score (nSPS) is 14.9. The van der Waals surface area contributed by atoms with Gasteiger partial charge in [-0.25, -0.2) is 4.98 Å². The lowest BCUT2D eigenvalue weighted by Crippen LogP contribution is -2.56. The average Bonchev–Trinajstić information content (AvgIpc) is 3.59. The van der Waals surface area contributed by atoms with Gasteiger partial charge in [0.25, 0.3) is 5.91 Å². The molecule has 0 bridgehead atoms. The molecule has 1 fully saturated rings. The molecule has 2 aromatic carbocycles. The minimum Gasteiger partial charge on any atom is -0.374 e. The zero-order valence-corrected chi connectivity index (χ0v) is 23.3. The van der Waals surface area contributed by atoms with Crippen LogP contribution in [0.3, 0.4) is 0 Å². The Labute approximate surface area is 234 Å². The van der Waals surface area contributed by atoms with Crippen molar-refractivity contribution in [2.24, 2.45) is 5.73 Å². The summed E-state index contributed by atoms with van der Waals surface area (Å²) in [5.41, 5.74) is 6.55. The molecular formula is C30H38N6O4. The molecule has 2 atom stereocenters. The van der Waals surface area contributed by atoms with Gasteiger partial charge < -0.3 is 30.6 Å². The Morgan fingerprint density at radius 2 is 1.65 bits per heavy atom. The number of aryl methyl sites for hydroxylation is 1. The molecule has 212 valence electrons. The van der Waals surface area contributed by atoms with Crippen molar-refractivity contribution in [3.05, 3.63) is 83.8 Å². The smallest absolute Gasteiger partial charge is 0.250 e. The molecular weight excluding hydrogens is 508 g/mol. The Morgan fingerprint density at radius 1 is 1.02 bits per heavy atom. The molecule has 10 nitrogen and oxygen atoms in total. The summed E-state index contributed by atoms with van der Waals surface area (Å²) in [4.78, 5) is 46.0. The van der Waals surface area contributed by atoms with Crippen LogP contribution >= 0.6 is 0 Å². The third-order valence-electron chi connectivity index (χ3n) is 6.82. The summed E-state index contributed by atoms with van der Waals surface area (Å²) in [6, 6.07) is 17.5. The number of rotatable bonds is 11. The number of nitrogens with two attached hydrogens (primary N) is 1. The number of hydrogen-bond acceptors (Lipinski definition) is 6. The predicted octanol–water partition coefficient (Wildman–Crippen LogP) is 2.78. The number of amides is 3. The largest absolute Gasteiger partial charge is 0.374 e. The van der Waals surface area contributed by atoms with Crippen LogP contribution in [0.15, 0.2) is 66.9 Å². The van der Waals surface area contributed by atoms with Crippen molar-refractivity contribution in [3.63, 3.8) is 0 Å². The number of hydrogen-bond donors (Lipinski definition) is 3. The van der Waals surface area contributed by atoms with E-state index in [9.17, 15) is 14.4 Å². The van der Waals surface area contributed by atoms with Crippen molar-refractivity contribution in [3.8, 4) is 0 Å². The number of anilines is 1. The first-order valence-corrected chi connectivity index (χ1v) is 13.5. The maximum Gasteiger partial charge on any atom is 0.250 e. The number of ether oxygens (including phenoxy) is 1. The number of carbonyl (C=O) groups is 3. The van der Waals surface area contributed by atoms with E-state index >= 15 is 0 Å². The third-order valence-corrected chi connectivity index (χ3v) is 6.82. The van der Waals surface area contributed by atoms with E-state index in [-0.39, 0.29) is 24.9 Å². The summed E-state index contributed by atoms with van der Waals surface area (Å²) in [7, 11) is 0. The number of nitrogens with one attached hydrogen (secondary N) is 2. The van der Waals surface area contributed by atoms with E-state index in [0.717, 1.165) is 37.1 Å². The molecule has 40 heavy (non-hydrogen) atoms. The molecule has 0 aliphatic carbocycles. The number of nitrogens with zero attached hydrogens (tertiary/aromatic N) is 3. The Hall–Kier alpha value is -4.02. The number of likely N-dealkylation sites (tertiary alicyclic amines) is 1. The first kappa shape index (κ1) is 29.0. The van der Waals surface area contributed by atoms with Gasteiger partial charge in [-0.15, -0.1) is 0 Å². The topological polar surface area (TPSA) is 132 Å². The van der Waals surface area contributed by atoms with Crippen molar-refractivity contribution in [2.45, 2.75) is 57.8 Å². The van der Waals surface area contributed by atoms with Crippen LogP contribution in [0.5, 0.6) is 0 Å². The molecule has 4 rings (SSSR count). The Morgan fingerprint density at radius 3 is 2.27 bits per heavy atom. The number of benzene rings is 2. The minimum absolute atomic E-state index is 0.00768. The van der Waals surface area contributed by atoms with Gasteiger partial charge in [0.1, 0.15) is 17.9 Å². The Kier molecular flexibility index (Phi) is 9.34. The van der Waals surface area contributed by atoms with Crippen LogP contribution in [-0.2, 0) is 25.7 Å². The van der Waals surface area contributed by atoms with Gasteiger partial charge in [-0.2, -0.15) is 0 Å². The molecule has 4 N–H and O–H groups in total. The first-order valence-electron chi connectivity index (χ1n) is 13.5. The number of carbonyl (C=O) groups excluding carboxylic acids is 3. The van der Waals surface area contributed by atoms with E-state index < -0.39 is 29.4 Å². The molecule has 0 radical (unpaired) electrons. The van der Waals surface area contributed by atoms with Gasteiger partial charge in [0.05, 0.1) is 18.8 Å². The molecule has 1 aromatic heterocycles. The molecule has 1 unspecified atom stereocenters. The van der Waals surface area contributed by atoms with E-state index in [4.69, 9.17) is 10.5 Å². The summed E-state index contributed by atoms with van der Waals surface area (Å²) in [6.07, 6.45) is 3.63. The molecule has 0 spiro atoms. The highest BCUT2D eigenvalue weighted by Crippen LogP contribution is 2.26. The van der Waals surface area contributed by atoms with Crippen molar-refractivity contribution < 1.29 is 19.1 Å². The fourth-order valence-corrected chi connectivity index (χ4v) is 4.58. The van der Waals surface area contributed by atoms with Crippen molar-refractivity contribution >= 4 is 23.5 Å². The maximum atomic E-state index is 13.6. The highest BCUT2D eigenvalue weighted by atomic mass is 16.5. The Balaban J connectivity index is 1.53. The van der Waals surface area contributed by atoms with Gasteiger partial charge in [-0.3, -0.25) is 14.4 Å². The second-order valence-electron chi connectivity index (χ2n) is 10.7. The standard InChI is InChI=1S/C30H38N6O4/c1-21-32-25(18-36(21)26(23-14-8-5-9-15-23)28(38)35-16-10-11-17-35)34-27(37)24(33-29(39)30(2,3)31)20-40-19-22-12-6-4-7-13-22/h4-9,12-15,18,24,26H,10-11,16-17,19-20,31H2,1-3H3,(H,33,39)(H,34,37)/t24-,26?/m1/s1.